The van der Waals surface area contributed by atoms with Crippen LogP contribution in [0.1, 0.15) is 0 Å². The van der Waals surface area contributed by atoms with Crippen LogP contribution in [0.5, 0.6) is 5.75 Å². The summed E-state index contributed by atoms with van der Waals surface area (Å²) in [7, 11) is 0. The highest BCUT2D eigenvalue weighted by molar-refractivity contribution is 9.10. The van der Waals surface area contributed by atoms with E-state index in [-0.39, 0.29) is 0 Å². The lowest BCUT2D eigenvalue weighted by molar-refractivity contribution is 0.332. The van der Waals surface area contributed by atoms with Crippen molar-refractivity contribution < 1.29 is 4.74 Å². The summed E-state index contributed by atoms with van der Waals surface area (Å²) in [6, 6.07) is 7.68. The van der Waals surface area contributed by atoms with Crippen molar-refractivity contribution in [2.24, 2.45) is 0 Å². The summed E-state index contributed by atoms with van der Waals surface area (Å²) in [6.07, 6.45) is 3.00. The van der Waals surface area contributed by atoms with Crippen LogP contribution in [0.3, 0.4) is 0 Å². The molecule has 1 aromatic heterocycles. The predicted octanol–water partition coefficient (Wildman–Crippen LogP) is 3.38. The van der Waals surface area contributed by atoms with Gasteiger partial charge in [-0.15, -0.1) is 0 Å². The maximum atomic E-state index is 5.90. The Labute approximate surface area is 118 Å². The first-order valence-corrected chi connectivity index (χ1v) is 6.50. The SMILES string of the molecule is Clc1cncnc1NCCOc1ccc(Br)cc1. The fourth-order valence-electron chi connectivity index (χ4n) is 1.31. The van der Waals surface area contributed by atoms with Crippen molar-refractivity contribution in [2.45, 2.75) is 0 Å². The third-order valence-electron chi connectivity index (χ3n) is 2.14. The minimum Gasteiger partial charge on any atom is -0.492 e. The van der Waals surface area contributed by atoms with E-state index >= 15 is 0 Å². The first-order valence-electron chi connectivity index (χ1n) is 5.33. The third kappa shape index (κ3) is 3.85. The van der Waals surface area contributed by atoms with Crippen LogP contribution in [0.2, 0.25) is 5.02 Å². The lowest BCUT2D eigenvalue weighted by atomic mass is 10.3. The van der Waals surface area contributed by atoms with Crippen LogP contribution in [0.15, 0.2) is 41.3 Å². The van der Waals surface area contributed by atoms with Gasteiger partial charge in [0.2, 0.25) is 0 Å². The highest BCUT2D eigenvalue weighted by Gasteiger charge is 1.99. The first-order chi connectivity index (χ1) is 8.75. The molecule has 0 aliphatic heterocycles. The molecule has 0 amide bonds. The van der Waals surface area contributed by atoms with Crippen LogP contribution in [0.4, 0.5) is 5.82 Å². The molecule has 1 aromatic carbocycles. The van der Waals surface area contributed by atoms with Gasteiger partial charge in [0, 0.05) is 4.47 Å². The molecule has 94 valence electrons. The molecule has 6 heteroatoms. The van der Waals surface area contributed by atoms with Gasteiger partial charge in [0.1, 0.15) is 29.5 Å². The van der Waals surface area contributed by atoms with Crippen molar-refractivity contribution in [3.05, 3.63) is 46.3 Å². The topological polar surface area (TPSA) is 47.0 Å². The van der Waals surface area contributed by atoms with E-state index in [1.807, 2.05) is 24.3 Å². The number of ether oxygens (including phenoxy) is 1. The number of benzene rings is 1. The molecule has 0 atom stereocenters. The van der Waals surface area contributed by atoms with Gasteiger partial charge in [0.15, 0.2) is 0 Å². The van der Waals surface area contributed by atoms with Crippen LogP contribution in [0.25, 0.3) is 0 Å². The number of halogens is 2. The van der Waals surface area contributed by atoms with Gasteiger partial charge in [0.25, 0.3) is 0 Å². The van der Waals surface area contributed by atoms with E-state index in [9.17, 15) is 0 Å². The quantitative estimate of drug-likeness (QED) is 0.855. The van der Waals surface area contributed by atoms with E-state index < -0.39 is 0 Å². The molecule has 4 nitrogen and oxygen atoms in total. The zero-order chi connectivity index (χ0) is 12.8. The molecule has 1 N–H and O–H groups in total. The molecular formula is C12H11BrClN3O. The van der Waals surface area contributed by atoms with Gasteiger partial charge >= 0.3 is 0 Å². The van der Waals surface area contributed by atoms with E-state index in [2.05, 4.69) is 31.2 Å². The Hall–Kier alpha value is -1.33. The molecule has 0 radical (unpaired) electrons. The van der Waals surface area contributed by atoms with E-state index in [1.165, 1.54) is 6.33 Å². The maximum Gasteiger partial charge on any atom is 0.148 e. The molecular weight excluding hydrogens is 318 g/mol. The molecule has 2 rings (SSSR count). The third-order valence-corrected chi connectivity index (χ3v) is 2.95. The van der Waals surface area contributed by atoms with Crippen molar-refractivity contribution >= 4 is 33.3 Å². The number of rotatable bonds is 5. The van der Waals surface area contributed by atoms with Crippen molar-refractivity contribution in [1.29, 1.82) is 0 Å². The number of nitrogens with one attached hydrogen (secondary N) is 1. The Morgan fingerprint density at radius 1 is 1.28 bits per heavy atom. The predicted molar refractivity (Wildman–Crippen MR) is 75.2 cm³/mol. The number of aromatic nitrogens is 2. The molecule has 2 aromatic rings. The highest BCUT2D eigenvalue weighted by atomic mass is 79.9. The largest absolute Gasteiger partial charge is 0.492 e. The monoisotopic (exact) mass is 327 g/mol. The summed E-state index contributed by atoms with van der Waals surface area (Å²) in [4.78, 5) is 7.83. The standard InChI is InChI=1S/C12H11BrClN3O/c13-9-1-3-10(4-2-9)18-6-5-16-12-11(14)7-15-8-17-12/h1-4,7-8H,5-6H2,(H,15,16,17). The van der Waals surface area contributed by atoms with Crippen LogP contribution in [-0.2, 0) is 0 Å². The van der Waals surface area contributed by atoms with Crippen LogP contribution < -0.4 is 10.1 Å². The summed E-state index contributed by atoms with van der Waals surface area (Å²) in [5.74, 6) is 1.44. The fourth-order valence-corrected chi connectivity index (χ4v) is 1.75. The van der Waals surface area contributed by atoms with Gasteiger partial charge < -0.3 is 10.1 Å². The summed E-state index contributed by atoms with van der Waals surface area (Å²) in [5, 5.41) is 3.58. The molecule has 0 saturated carbocycles. The van der Waals surface area contributed by atoms with E-state index in [4.69, 9.17) is 16.3 Å². The summed E-state index contributed by atoms with van der Waals surface area (Å²) in [5.41, 5.74) is 0. The second-order valence-electron chi connectivity index (χ2n) is 3.45. The second kappa shape index (κ2) is 6.56. The molecule has 0 fully saturated rings. The second-order valence-corrected chi connectivity index (χ2v) is 4.77. The molecule has 1 heterocycles. The number of hydrogen-bond acceptors (Lipinski definition) is 4. The molecule has 0 spiro atoms. The van der Waals surface area contributed by atoms with Crippen molar-refractivity contribution in [1.82, 2.24) is 9.97 Å². The minimum absolute atomic E-state index is 0.501. The summed E-state index contributed by atoms with van der Waals surface area (Å²) < 4.78 is 6.58. The Balaban J connectivity index is 1.76. The first kappa shape index (κ1) is 13.1. The highest BCUT2D eigenvalue weighted by Crippen LogP contribution is 2.17. The Morgan fingerprint density at radius 3 is 2.78 bits per heavy atom. The summed E-state index contributed by atoms with van der Waals surface area (Å²) >= 11 is 9.27. The van der Waals surface area contributed by atoms with Gasteiger partial charge in [-0.1, -0.05) is 27.5 Å². The van der Waals surface area contributed by atoms with E-state index in [0.29, 0.717) is 24.0 Å². The van der Waals surface area contributed by atoms with Gasteiger partial charge in [-0.2, -0.15) is 0 Å². The normalized spacial score (nSPS) is 10.1. The maximum absolute atomic E-state index is 5.90. The van der Waals surface area contributed by atoms with Crippen molar-refractivity contribution in [3.8, 4) is 5.75 Å². The van der Waals surface area contributed by atoms with E-state index in [0.717, 1.165) is 10.2 Å². The number of anilines is 1. The Bertz CT molecular complexity index is 507. The zero-order valence-corrected chi connectivity index (χ0v) is 11.8. The van der Waals surface area contributed by atoms with Gasteiger partial charge in [-0.05, 0) is 24.3 Å². The average Bonchev–Trinajstić information content (AvgIpc) is 2.39. The smallest absolute Gasteiger partial charge is 0.148 e. The fraction of sp³-hybridized carbons (Fsp3) is 0.167. The number of nitrogens with zero attached hydrogens (tertiary/aromatic N) is 2. The van der Waals surface area contributed by atoms with Crippen LogP contribution >= 0.6 is 27.5 Å². The summed E-state index contributed by atoms with van der Waals surface area (Å²) in [6.45, 7) is 1.15. The van der Waals surface area contributed by atoms with Crippen LogP contribution in [-0.4, -0.2) is 23.1 Å². The molecule has 0 aliphatic carbocycles. The van der Waals surface area contributed by atoms with Gasteiger partial charge in [0.05, 0.1) is 12.7 Å². The van der Waals surface area contributed by atoms with Gasteiger partial charge in [-0.3, -0.25) is 0 Å². The lowest BCUT2D eigenvalue weighted by Crippen LogP contribution is -2.12. The Kier molecular flexibility index (Phi) is 4.78. The molecule has 0 aliphatic rings. The van der Waals surface area contributed by atoms with Crippen LogP contribution in [0, 0.1) is 0 Å². The lowest BCUT2D eigenvalue weighted by Gasteiger charge is -2.08. The molecule has 0 unspecified atom stereocenters. The van der Waals surface area contributed by atoms with Gasteiger partial charge in [-0.25, -0.2) is 9.97 Å². The minimum atomic E-state index is 0.501. The Morgan fingerprint density at radius 2 is 2.06 bits per heavy atom. The van der Waals surface area contributed by atoms with Crippen molar-refractivity contribution in [3.63, 3.8) is 0 Å². The number of hydrogen-bond donors (Lipinski definition) is 1. The zero-order valence-electron chi connectivity index (χ0n) is 9.44. The molecule has 0 saturated heterocycles. The average molecular weight is 329 g/mol. The van der Waals surface area contributed by atoms with Crippen molar-refractivity contribution in [2.75, 3.05) is 18.5 Å². The molecule has 0 bridgehead atoms. The molecule has 18 heavy (non-hydrogen) atoms. The van der Waals surface area contributed by atoms with E-state index in [1.54, 1.807) is 6.20 Å².